The number of thioether (sulfide) groups is 1. The third-order valence-corrected chi connectivity index (χ3v) is 5.33. The Labute approximate surface area is 154 Å². The molecule has 0 aliphatic rings. The van der Waals surface area contributed by atoms with Crippen LogP contribution in [0.3, 0.4) is 0 Å². The number of nitrogens with zero attached hydrogens (tertiary/aromatic N) is 2. The zero-order valence-electron chi connectivity index (χ0n) is 13.4. The molecule has 0 spiro atoms. The highest BCUT2D eigenvalue weighted by Gasteiger charge is 2.12. The molecule has 130 valence electrons. The summed E-state index contributed by atoms with van der Waals surface area (Å²) < 4.78 is 5.71. The number of benzene rings is 1. The summed E-state index contributed by atoms with van der Waals surface area (Å²) in [6.45, 7) is 3.22. The van der Waals surface area contributed by atoms with E-state index in [1.165, 1.54) is 23.1 Å². The lowest BCUT2D eigenvalue weighted by Gasteiger charge is -2.13. The molecule has 0 fully saturated rings. The lowest BCUT2D eigenvalue weighted by molar-refractivity contribution is -0.119. The fourth-order valence-corrected chi connectivity index (χ4v) is 3.56. The second kappa shape index (κ2) is 9.83. The summed E-state index contributed by atoms with van der Waals surface area (Å²) in [6, 6.07) is 7.36. The fraction of sp³-hybridized carbons (Fsp3) is 0.400. The van der Waals surface area contributed by atoms with E-state index in [9.17, 15) is 4.79 Å². The maximum Gasteiger partial charge on any atom is 0.230 e. The largest absolute Gasteiger partial charge is 0.383 e. The molecule has 0 radical (unpaired) electrons. The molecule has 0 aliphatic heterocycles. The number of hydrogen-bond donors (Lipinski definition) is 2. The molecule has 9 heteroatoms. The minimum atomic E-state index is -0.0731. The predicted molar refractivity (Wildman–Crippen MR) is 99.0 cm³/mol. The van der Waals surface area contributed by atoms with Crippen LogP contribution in [0, 0.1) is 0 Å². The van der Waals surface area contributed by atoms with Crippen molar-refractivity contribution in [1.29, 1.82) is 0 Å². The molecule has 1 heterocycles. The molecule has 1 unspecified atom stereocenters. The van der Waals surface area contributed by atoms with Crippen molar-refractivity contribution < 1.29 is 9.53 Å². The van der Waals surface area contributed by atoms with Gasteiger partial charge < -0.3 is 15.4 Å². The maximum atomic E-state index is 12.1. The molecule has 2 aromatic rings. The van der Waals surface area contributed by atoms with Crippen LogP contribution in [0.15, 0.2) is 28.6 Å². The Kier molecular flexibility index (Phi) is 7.77. The summed E-state index contributed by atoms with van der Waals surface area (Å²) in [5.41, 5.74) is 1.01. The van der Waals surface area contributed by atoms with E-state index >= 15 is 0 Å². The van der Waals surface area contributed by atoms with Crippen molar-refractivity contribution in [1.82, 2.24) is 15.5 Å². The number of rotatable bonds is 9. The van der Waals surface area contributed by atoms with Crippen LogP contribution in [-0.2, 0) is 9.53 Å². The molecule has 1 aromatic heterocycles. The Morgan fingerprint density at radius 2 is 2.12 bits per heavy atom. The third kappa shape index (κ3) is 6.27. The van der Waals surface area contributed by atoms with E-state index in [-0.39, 0.29) is 11.9 Å². The highest BCUT2D eigenvalue weighted by Crippen LogP contribution is 2.25. The van der Waals surface area contributed by atoms with E-state index in [4.69, 9.17) is 16.3 Å². The van der Waals surface area contributed by atoms with Gasteiger partial charge in [-0.25, -0.2) is 0 Å². The number of ether oxygens (including phenoxy) is 1. The first-order chi connectivity index (χ1) is 11.6. The van der Waals surface area contributed by atoms with Crippen molar-refractivity contribution in [3.63, 3.8) is 0 Å². The monoisotopic (exact) mass is 386 g/mol. The zero-order valence-corrected chi connectivity index (χ0v) is 15.8. The first kappa shape index (κ1) is 19.0. The lowest BCUT2D eigenvalue weighted by atomic mass is 10.1. The lowest BCUT2D eigenvalue weighted by Crippen LogP contribution is -2.28. The van der Waals surface area contributed by atoms with Crippen LogP contribution in [-0.4, -0.2) is 42.1 Å². The molecule has 2 rings (SSSR count). The average molecular weight is 387 g/mol. The summed E-state index contributed by atoms with van der Waals surface area (Å²) in [5, 5.41) is 15.5. The number of halogens is 1. The van der Waals surface area contributed by atoms with Crippen LogP contribution < -0.4 is 10.6 Å². The standard InChI is InChI=1S/C15H19ClN4O2S2/c1-10(11-3-5-12(16)6-4-11)18-13(21)9-23-15-20-19-14(24-15)17-7-8-22-2/h3-6,10H,7-9H2,1-2H3,(H,17,19)(H,18,21). The van der Waals surface area contributed by atoms with Gasteiger partial charge in [-0.1, -0.05) is 46.8 Å². The van der Waals surface area contributed by atoms with Crippen LogP contribution in [0.1, 0.15) is 18.5 Å². The zero-order chi connectivity index (χ0) is 17.4. The Morgan fingerprint density at radius 1 is 1.38 bits per heavy atom. The molecule has 0 bridgehead atoms. The van der Waals surface area contributed by atoms with E-state index in [1.807, 2.05) is 31.2 Å². The molecule has 1 atom stereocenters. The van der Waals surface area contributed by atoms with Crippen LogP contribution in [0.25, 0.3) is 0 Å². The number of hydrogen-bond acceptors (Lipinski definition) is 7. The summed E-state index contributed by atoms with van der Waals surface area (Å²) in [7, 11) is 1.65. The second-order valence-corrected chi connectivity index (χ2v) is 7.56. The number of nitrogens with one attached hydrogen (secondary N) is 2. The van der Waals surface area contributed by atoms with Gasteiger partial charge in [0.25, 0.3) is 0 Å². The van der Waals surface area contributed by atoms with Gasteiger partial charge in [-0.3, -0.25) is 4.79 Å². The van der Waals surface area contributed by atoms with Gasteiger partial charge in [0.1, 0.15) is 0 Å². The average Bonchev–Trinajstić information content (AvgIpc) is 3.02. The fourth-order valence-electron chi connectivity index (χ4n) is 1.84. The molecule has 0 saturated heterocycles. The Balaban J connectivity index is 1.75. The van der Waals surface area contributed by atoms with Crippen molar-refractivity contribution in [3.8, 4) is 0 Å². The molecular formula is C15H19ClN4O2S2. The normalized spacial score (nSPS) is 12.0. The molecule has 24 heavy (non-hydrogen) atoms. The number of carbonyl (C=O) groups excluding carboxylic acids is 1. The Bertz CT molecular complexity index is 651. The van der Waals surface area contributed by atoms with Gasteiger partial charge in [-0.2, -0.15) is 0 Å². The number of anilines is 1. The van der Waals surface area contributed by atoms with Crippen molar-refractivity contribution in [3.05, 3.63) is 34.9 Å². The van der Waals surface area contributed by atoms with E-state index in [0.29, 0.717) is 23.9 Å². The second-order valence-electron chi connectivity index (χ2n) is 4.92. The van der Waals surface area contributed by atoms with Crippen LogP contribution in [0.4, 0.5) is 5.13 Å². The SMILES string of the molecule is COCCNc1nnc(SCC(=O)NC(C)c2ccc(Cl)cc2)s1. The van der Waals surface area contributed by atoms with E-state index < -0.39 is 0 Å². The molecular weight excluding hydrogens is 368 g/mol. The molecule has 2 N–H and O–H groups in total. The first-order valence-electron chi connectivity index (χ1n) is 7.32. The smallest absolute Gasteiger partial charge is 0.230 e. The van der Waals surface area contributed by atoms with Gasteiger partial charge in [-0.05, 0) is 24.6 Å². The quantitative estimate of drug-likeness (QED) is 0.509. The van der Waals surface area contributed by atoms with Gasteiger partial charge in [0.15, 0.2) is 4.34 Å². The summed E-state index contributed by atoms with van der Waals surface area (Å²) in [6.07, 6.45) is 0. The molecule has 6 nitrogen and oxygen atoms in total. The minimum absolute atomic E-state index is 0.0495. The van der Waals surface area contributed by atoms with Gasteiger partial charge in [0.05, 0.1) is 18.4 Å². The van der Waals surface area contributed by atoms with Crippen molar-refractivity contribution >= 4 is 45.7 Å². The van der Waals surface area contributed by atoms with Crippen LogP contribution >= 0.6 is 34.7 Å². The van der Waals surface area contributed by atoms with Gasteiger partial charge in [-0.15, -0.1) is 10.2 Å². The summed E-state index contributed by atoms with van der Waals surface area (Å²) in [5.74, 6) is 0.247. The summed E-state index contributed by atoms with van der Waals surface area (Å²) >= 11 is 8.66. The van der Waals surface area contributed by atoms with Gasteiger partial charge in [0.2, 0.25) is 11.0 Å². The number of aromatic nitrogens is 2. The summed E-state index contributed by atoms with van der Waals surface area (Å²) in [4.78, 5) is 12.1. The first-order valence-corrected chi connectivity index (χ1v) is 9.50. The van der Waals surface area contributed by atoms with E-state index in [2.05, 4.69) is 20.8 Å². The number of methoxy groups -OCH3 is 1. The van der Waals surface area contributed by atoms with Crippen LogP contribution in [0.2, 0.25) is 5.02 Å². The van der Waals surface area contributed by atoms with Crippen molar-refractivity contribution in [2.45, 2.75) is 17.3 Å². The van der Waals surface area contributed by atoms with Gasteiger partial charge in [0, 0.05) is 18.7 Å². The number of amides is 1. The van der Waals surface area contributed by atoms with Crippen molar-refractivity contribution in [2.75, 3.05) is 31.3 Å². The molecule has 0 aliphatic carbocycles. The predicted octanol–water partition coefficient (Wildman–Crippen LogP) is 3.22. The highest BCUT2D eigenvalue weighted by atomic mass is 35.5. The Hall–Kier alpha value is -1.35. The van der Waals surface area contributed by atoms with Gasteiger partial charge >= 0.3 is 0 Å². The molecule has 1 aromatic carbocycles. The van der Waals surface area contributed by atoms with E-state index in [1.54, 1.807) is 7.11 Å². The Morgan fingerprint density at radius 3 is 2.83 bits per heavy atom. The third-order valence-electron chi connectivity index (χ3n) is 3.06. The minimum Gasteiger partial charge on any atom is -0.383 e. The van der Waals surface area contributed by atoms with Crippen LogP contribution in [0.5, 0.6) is 0 Å². The van der Waals surface area contributed by atoms with E-state index in [0.717, 1.165) is 15.0 Å². The highest BCUT2D eigenvalue weighted by molar-refractivity contribution is 8.01. The topological polar surface area (TPSA) is 76.1 Å². The van der Waals surface area contributed by atoms with Crippen molar-refractivity contribution in [2.24, 2.45) is 0 Å². The molecule has 1 amide bonds. The maximum absolute atomic E-state index is 12.1. The number of carbonyl (C=O) groups is 1. The molecule has 0 saturated carbocycles.